The zero-order valence-corrected chi connectivity index (χ0v) is 25.2. The number of rotatable bonds is 11. The zero-order valence-electron chi connectivity index (χ0n) is 25.2. The summed E-state index contributed by atoms with van der Waals surface area (Å²) in [6, 6.07) is 14.7. The lowest BCUT2D eigenvalue weighted by Crippen LogP contribution is -2.36. The molecule has 0 saturated heterocycles. The number of aliphatic hydroxyl groups excluding tert-OH is 1. The minimum atomic E-state index is -5.01. The minimum Gasteiger partial charge on any atom is -0.479 e. The molecule has 0 aromatic heterocycles. The first kappa shape index (κ1) is 35.5. The summed E-state index contributed by atoms with van der Waals surface area (Å²) in [5.74, 6) is -2.28. The van der Waals surface area contributed by atoms with Gasteiger partial charge in [0.15, 0.2) is 6.10 Å². The molecule has 1 aliphatic rings. The Morgan fingerprint density at radius 3 is 1.91 bits per heavy atom. The van der Waals surface area contributed by atoms with E-state index in [-0.39, 0.29) is 36.6 Å². The third-order valence-corrected chi connectivity index (χ3v) is 8.16. The molecule has 0 spiro atoms. The summed E-state index contributed by atoms with van der Waals surface area (Å²) in [5, 5.41) is 20.5. The summed E-state index contributed by atoms with van der Waals surface area (Å²) < 4.78 is 80.3. The topological polar surface area (TPSA) is 107 Å². The van der Waals surface area contributed by atoms with Gasteiger partial charge < -0.3 is 20.4 Å². The number of anilines is 1. The summed E-state index contributed by atoms with van der Waals surface area (Å²) in [6.45, 7) is -0.525. The Balaban J connectivity index is 1.55. The van der Waals surface area contributed by atoms with Gasteiger partial charge in [-0.05, 0) is 84.3 Å². The van der Waals surface area contributed by atoms with Crippen molar-refractivity contribution in [2.24, 2.45) is 0 Å². The number of nitrogens with zero attached hydrogens (tertiary/aromatic N) is 1. The predicted octanol–water partition coefficient (Wildman–Crippen LogP) is 7.11. The van der Waals surface area contributed by atoms with Gasteiger partial charge in [0.05, 0.1) is 24.2 Å². The normalized spacial score (nSPS) is 14.8. The number of hydrogen-bond donors (Lipinski definition) is 3. The van der Waals surface area contributed by atoms with Gasteiger partial charge in [-0.25, -0.2) is 4.79 Å². The van der Waals surface area contributed by atoms with Crippen LogP contribution in [0.15, 0.2) is 66.7 Å². The van der Waals surface area contributed by atoms with Crippen LogP contribution in [0.25, 0.3) is 0 Å². The van der Waals surface area contributed by atoms with Crippen molar-refractivity contribution < 1.29 is 50.9 Å². The number of halogens is 6. The number of aliphatic carboxylic acids is 1. The maximum Gasteiger partial charge on any atom is 0.416 e. The largest absolute Gasteiger partial charge is 0.479 e. The van der Waals surface area contributed by atoms with Crippen LogP contribution in [0.1, 0.15) is 82.6 Å². The average molecular weight is 665 g/mol. The van der Waals surface area contributed by atoms with Crippen LogP contribution in [0.3, 0.4) is 0 Å². The fourth-order valence-corrected chi connectivity index (χ4v) is 5.56. The lowest BCUT2D eigenvalue weighted by molar-refractivity contribution is -0.146. The summed E-state index contributed by atoms with van der Waals surface area (Å²) in [5.41, 5.74) is -0.859. The summed E-state index contributed by atoms with van der Waals surface area (Å²) in [6.07, 6.45) is -7.03. The molecule has 0 radical (unpaired) electrons. The van der Waals surface area contributed by atoms with Crippen molar-refractivity contribution in [1.82, 2.24) is 5.32 Å². The predicted molar refractivity (Wildman–Crippen MR) is 161 cm³/mol. The summed E-state index contributed by atoms with van der Waals surface area (Å²) >= 11 is 0. The highest BCUT2D eigenvalue weighted by molar-refractivity contribution is 5.95. The molecule has 3 aromatic carbocycles. The molecule has 1 aliphatic carbocycles. The molecule has 47 heavy (non-hydrogen) atoms. The van der Waals surface area contributed by atoms with Crippen molar-refractivity contribution >= 4 is 23.5 Å². The summed E-state index contributed by atoms with van der Waals surface area (Å²) in [4.78, 5) is 38.1. The van der Waals surface area contributed by atoms with E-state index in [0.29, 0.717) is 29.3 Å². The number of carbonyl (C=O) groups excluding carboxylic acids is 2. The first-order valence-corrected chi connectivity index (χ1v) is 15.1. The van der Waals surface area contributed by atoms with Gasteiger partial charge in [0.2, 0.25) is 5.91 Å². The second kappa shape index (κ2) is 15.0. The number of hydrogen-bond acceptors (Lipinski definition) is 4. The highest BCUT2D eigenvalue weighted by atomic mass is 19.4. The molecule has 3 aromatic rings. The van der Waals surface area contributed by atoms with Gasteiger partial charge in [-0.1, -0.05) is 43.5 Å². The molecule has 0 bridgehead atoms. The number of amides is 2. The SMILES string of the molecule is O=C(NC[C@@H](O)C(=O)O)c1ccc(CN(C(=O)CCc2cc(C(F)(F)F)cc(C(F)(F)F)c2)c2ccc(C3CCCCC3)cc2)cc1. The summed E-state index contributed by atoms with van der Waals surface area (Å²) in [7, 11) is 0. The quantitative estimate of drug-likeness (QED) is 0.190. The standard InChI is InChI=1S/C34H34F6N2O5/c35-33(36,37)26-16-22(17-27(18-26)34(38,39)40)8-15-30(44)42(28-13-11-24(12-14-28)23-4-2-1-3-5-23)20-21-6-9-25(10-7-21)31(45)41-19-29(43)32(46)47/h6-7,9-14,16-18,23,29,43H,1-5,8,15,19-20H2,(H,41,45)(H,46,47)/t29-/m1/s1. The average Bonchev–Trinajstić information content (AvgIpc) is 3.04. The van der Waals surface area contributed by atoms with Crippen LogP contribution in [-0.2, 0) is 34.9 Å². The van der Waals surface area contributed by atoms with Gasteiger partial charge in [-0.15, -0.1) is 0 Å². The highest BCUT2D eigenvalue weighted by Gasteiger charge is 2.37. The van der Waals surface area contributed by atoms with E-state index < -0.39 is 53.9 Å². The van der Waals surface area contributed by atoms with Gasteiger partial charge in [0, 0.05) is 17.7 Å². The van der Waals surface area contributed by atoms with E-state index in [1.807, 2.05) is 12.1 Å². The van der Waals surface area contributed by atoms with Gasteiger partial charge in [0.1, 0.15) is 0 Å². The van der Waals surface area contributed by atoms with Crippen molar-refractivity contribution in [3.8, 4) is 0 Å². The molecule has 3 N–H and O–H groups in total. The zero-order chi connectivity index (χ0) is 34.4. The number of benzene rings is 3. The molecule has 0 heterocycles. The maximum absolute atomic E-state index is 13.6. The van der Waals surface area contributed by atoms with Crippen LogP contribution in [0, 0.1) is 0 Å². The van der Waals surface area contributed by atoms with Crippen molar-refractivity contribution in [1.29, 1.82) is 0 Å². The molecule has 1 fully saturated rings. The lowest BCUT2D eigenvalue weighted by Gasteiger charge is -2.26. The molecule has 2 amide bonds. The van der Waals surface area contributed by atoms with Crippen LogP contribution in [0.4, 0.5) is 32.0 Å². The fourth-order valence-electron chi connectivity index (χ4n) is 5.56. The Bertz CT molecular complexity index is 1520. The number of carbonyl (C=O) groups is 3. The van der Waals surface area contributed by atoms with E-state index in [1.165, 1.54) is 23.5 Å². The molecule has 7 nitrogen and oxygen atoms in total. The smallest absolute Gasteiger partial charge is 0.416 e. The first-order chi connectivity index (χ1) is 22.1. The fraction of sp³-hybridized carbons (Fsp3) is 0.382. The van der Waals surface area contributed by atoms with Crippen LogP contribution in [0.5, 0.6) is 0 Å². The lowest BCUT2D eigenvalue weighted by atomic mass is 9.84. The van der Waals surface area contributed by atoms with Crippen molar-refractivity contribution in [3.63, 3.8) is 0 Å². The third kappa shape index (κ3) is 9.80. The number of aryl methyl sites for hydroxylation is 1. The highest BCUT2D eigenvalue weighted by Crippen LogP contribution is 2.37. The number of aliphatic hydroxyl groups is 1. The van der Waals surface area contributed by atoms with Crippen molar-refractivity contribution in [2.75, 3.05) is 11.4 Å². The van der Waals surface area contributed by atoms with Crippen molar-refractivity contribution in [2.45, 2.75) is 75.9 Å². The van der Waals surface area contributed by atoms with E-state index >= 15 is 0 Å². The van der Waals surface area contributed by atoms with Crippen LogP contribution < -0.4 is 10.2 Å². The van der Waals surface area contributed by atoms with Crippen molar-refractivity contribution in [3.05, 3.63) is 100 Å². The Morgan fingerprint density at radius 2 is 1.38 bits per heavy atom. The number of alkyl halides is 6. The second-order valence-corrected chi connectivity index (χ2v) is 11.6. The molecular weight excluding hydrogens is 630 g/mol. The molecule has 1 atom stereocenters. The number of carboxylic acid groups (broad SMARTS) is 1. The molecule has 0 aliphatic heterocycles. The van der Waals surface area contributed by atoms with Crippen LogP contribution >= 0.6 is 0 Å². The van der Waals surface area contributed by atoms with Gasteiger partial charge in [-0.2, -0.15) is 26.3 Å². The molecule has 4 rings (SSSR count). The Labute approximate surface area is 267 Å². The monoisotopic (exact) mass is 664 g/mol. The van der Waals surface area contributed by atoms with Gasteiger partial charge in [-0.3, -0.25) is 9.59 Å². The van der Waals surface area contributed by atoms with Gasteiger partial charge >= 0.3 is 18.3 Å². The Morgan fingerprint density at radius 1 is 0.809 bits per heavy atom. The van der Waals surface area contributed by atoms with E-state index in [9.17, 15) is 45.8 Å². The molecule has 252 valence electrons. The minimum absolute atomic E-state index is 0.0162. The number of nitrogens with one attached hydrogen (secondary N) is 1. The molecular formula is C34H34F6N2O5. The molecule has 13 heteroatoms. The van der Waals surface area contributed by atoms with E-state index in [0.717, 1.165) is 31.2 Å². The van der Waals surface area contributed by atoms with E-state index in [2.05, 4.69) is 5.32 Å². The first-order valence-electron chi connectivity index (χ1n) is 15.1. The van der Waals surface area contributed by atoms with Crippen LogP contribution in [0.2, 0.25) is 0 Å². The van der Waals surface area contributed by atoms with E-state index in [4.69, 9.17) is 5.11 Å². The Kier molecular flexibility index (Phi) is 11.3. The van der Waals surface area contributed by atoms with Gasteiger partial charge in [0.25, 0.3) is 5.91 Å². The molecule has 1 saturated carbocycles. The van der Waals surface area contributed by atoms with E-state index in [1.54, 1.807) is 24.3 Å². The number of carboxylic acids is 1. The molecule has 0 unspecified atom stereocenters. The van der Waals surface area contributed by atoms with Crippen LogP contribution in [-0.4, -0.2) is 40.6 Å². The maximum atomic E-state index is 13.6. The third-order valence-electron chi connectivity index (χ3n) is 8.16. The second-order valence-electron chi connectivity index (χ2n) is 11.6. The Hall–Kier alpha value is -4.39.